The first-order valence-electron chi connectivity index (χ1n) is 16.9. The van der Waals surface area contributed by atoms with Gasteiger partial charge in [0, 0.05) is 12.8 Å². The van der Waals surface area contributed by atoms with Crippen LogP contribution in [0.4, 0.5) is 0 Å². The summed E-state index contributed by atoms with van der Waals surface area (Å²) in [5.41, 5.74) is 0. The first kappa shape index (κ1) is 38.4. The number of rotatable bonds is 30. The van der Waals surface area contributed by atoms with E-state index in [1.165, 1.54) is 96.3 Å². The zero-order chi connectivity index (χ0) is 29.4. The lowest BCUT2D eigenvalue weighted by atomic mass is 10.1. The van der Waals surface area contributed by atoms with E-state index in [1.54, 1.807) is 0 Å². The van der Waals surface area contributed by atoms with Crippen molar-refractivity contribution in [2.45, 2.75) is 174 Å². The first-order chi connectivity index (χ1) is 19.6. The average molecular weight is 565 g/mol. The molecule has 40 heavy (non-hydrogen) atoms. The van der Waals surface area contributed by atoms with Crippen LogP contribution < -0.4 is 0 Å². The molecule has 0 heterocycles. The molecule has 0 aliphatic carbocycles. The van der Waals surface area contributed by atoms with Crippen LogP contribution in [0.25, 0.3) is 0 Å². The molecule has 0 saturated carbocycles. The summed E-state index contributed by atoms with van der Waals surface area (Å²) >= 11 is 0. The van der Waals surface area contributed by atoms with Gasteiger partial charge in [-0.15, -0.1) is 0 Å². The van der Waals surface area contributed by atoms with Crippen LogP contribution in [0.3, 0.4) is 0 Å². The minimum atomic E-state index is -0.766. The van der Waals surface area contributed by atoms with Gasteiger partial charge in [-0.1, -0.05) is 134 Å². The fourth-order valence-corrected chi connectivity index (χ4v) is 4.64. The van der Waals surface area contributed by atoms with Crippen LogP contribution in [0.2, 0.25) is 0 Å². The normalized spacial score (nSPS) is 12.4. The Morgan fingerprint density at radius 1 is 0.575 bits per heavy atom. The van der Waals surface area contributed by atoms with Crippen LogP contribution in [-0.2, 0) is 19.1 Å². The molecule has 0 aromatic heterocycles. The van der Waals surface area contributed by atoms with Gasteiger partial charge in [-0.3, -0.25) is 9.59 Å². The second-order valence-corrected chi connectivity index (χ2v) is 11.2. The highest BCUT2D eigenvalue weighted by atomic mass is 16.6. The second kappa shape index (κ2) is 31.9. The molecule has 1 atom stereocenters. The topological polar surface area (TPSA) is 72.8 Å². The molecule has 0 rings (SSSR count). The summed E-state index contributed by atoms with van der Waals surface area (Å²) in [5.74, 6) is -0.601. The molecule has 0 aromatic carbocycles. The van der Waals surface area contributed by atoms with E-state index in [4.69, 9.17) is 9.47 Å². The van der Waals surface area contributed by atoms with Gasteiger partial charge < -0.3 is 14.6 Å². The number of allylic oxidation sites excluding steroid dienone is 4. The molecule has 0 spiro atoms. The van der Waals surface area contributed by atoms with Crippen molar-refractivity contribution in [1.82, 2.24) is 0 Å². The van der Waals surface area contributed by atoms with Crippen molar-refractivity contribution in [1.29, 1.82) is 0 Å². The van der Waals surface area contributed by atoms with E-state index in [9.17, 15) is 14.7 Å². The van der Waals surface area contributed by atoms with E-state index in [0.29, 0.717) is 12.8 Å². The Bertz CT molecular complexity index is 613. The van der Waals surface area contributed by atoms with Gasteiger partial charge in [0.05, 0.1) is 6.61 Å². The first-order valence-corrected chi connectivity index (χ1v) is 16.9. The molecular weight excluding hydrogens is 500 g/mol. The third kappa shape index (κ3) is 29.4. The molecule has 5 nitrogen and oxygen atoms in total. The molecule has 0 aliphatic rings. The lowest BCUT2D eigenvalue weighted by Gasteiger charge is -2.15. The third-order valence-electron chi connectivity index (χ3n) is 7.25. The van der Waals surface area contributed by atoms with Gasteiger partial charge in [-0.2, -0.15) is 0 Å². The molecule has 0 fully saturated rings. The Morgan fingerprint density at radius 2 is 1.00 bits per heavy atom. The molecule has 0 unspecified atom stereocenters. The maximum atomic E-state index is 12.1. The number of hydrogen-bond acceptors (Lipinski definition) is 5. The summed E-state index contributed by atoms with van der Waals surface area (Å²) in [6.45, 7) is 4.05. The molecular formula is C35H64O5. The van der Waals surface area contributed by atoms with Gasteiger partial charge in [0.1, 0.15) is 6.61 Å². The van der Waals surface area contributed by atoms with E-state index >= 15 is 0 Å². The van der Waals surface area contributed by atoms with Crippen molar-refractivity contribution in [2.24, 2.45) is 0 Å². The molecule has 0 bridgehead atoms. The smallest absolute Gasteiger partial charge is 0.306 e. The van der Waals surface area contributed by atoms with Crippen LogP contribution in [0.15, 0.2) is 24.3 Å². The Labute approximate surface area is 247 Å². The largest absolute Gasteiger partial charge is 0.462 e. The molecule has 1 N–H and O–H groups in total. The standard InChI is InChI=1S/C35H64O5/c1-3-5-7-9-11-12-13-14-15-16-17-18-19-20-21-22-24-26-28-30-35(38)40-33(31-36)32-39-34(37)29-27-25-23-10-8-6-4-2/h11-12,14-15,33,36H,3-10,13,16-32H2,1-2H3/b12-11+,15-14+/t33-/m0/s1. The predicted molar refractivity (Wildman–Crippen MR) is 168 cm³/mol. The van der Waals surface area contributed by atoms with E-state index in [0.717, 1.165) is 44.9 Å². The molecule has 5 heteroatoms. The van der Waals surface area contributed by atoms with E-state index in [1.807, 2.05) is 0 Å². The Kier molecular flexibility index (Phi) is 30.6. The third-order valence-corrected chi connectivity index (χ3v) is 7.25. The zero-order valence-corrected chi connectivity index (χ0v) is 26.4. The fraction of sp³-hybridized carbons (Fsp3) is 0.829. The van der Waals surface area contributed by atoms with Gasteiger partial charge >= 0.3 is 11.9 Å². The summed E-state index contributed by atoms with van der Waals surface area (Å²) in [7, 11) is 0. The SMILES string of the molecule is CCCCC/C=C/C/C=C/CCCCCCCCCCCC(=O)O[C@@H](CO)COC(=O)CCCCCCCCC. The van der Waals surface area contributed by atoms with Crippen LogP contribution in [-0.4, -0.2) is 36.4 Å². The van der Waals surface area contributed by atoms with Crippen LogP contribution in [0.5, 0.6) is 0 Å². The van der Waals surface area contributed by atoms with E-state index in [-0.39, 0.29) is 25.2 Å². The number of aliphatic hydroxyl groups excluding tert-OH is 1. The number of carbonyl (C=O) groups is 2. The molecule has 0 aromatic rings. The monoisotopic (exact) mass is 564 g/mol. The Balaban J connectivity index is 3.54. The Morgan fingerprint density at radius 3 is 1.52 bits per heavy atom. The van der Waals surface area contributed by atoms with Crippen molar-refractivity contribution in [3.63, 3.8) is 0 Å². The lowest BCUT2D eigenvalue weighted by Crippen LogP contribution is -2.28. The van der Waals surface area contributed by atoms with Crippen molar-refractivity contribution in [2.75, 3.05) is 13.2 Å². The molecule has 0 amide bonds. The quantitative estimate of drug-likeness (QED) is 0.0534. The molecule has 0 saturated heterocycles. The van der Waals surface area contributed by atoms with Gasteiger partial charge in [0.25, 0.3) is 0 Å². The van der Waals surface area contributed by atoms with Gasteiger partial charge in [0.15, 0.2) is 6.10 Å². The lowest BCUT2D eigenvalue weighted by molar-refractivity contribution is -0.161. The highest BCUT2D eigenvalue weighted by molar-refractivity contribution is 5.70. The maximum absolute atomic E-state index is 12.1. The Hall–Kier alpha value is -1.62. The minimum absolute atomic E-state index is 0.0651. The molecule has 0 radical (unpaired) electrons. The van der Waals surface area contributed by atoms with Crippen LogP contribution in [0.1, 0.15) is 168 Å². The van der Waals surface area contributed by atoms with Crippen molar-refractivity contribution < 1.29 is 24.2 Å². The fourth-order valence-electron chi connectivity index (χ4n) is 4.64. The number of esters is 2. The minimum Gasteiger partial charge on any atom is -0.462 e. The molecule has 0 aliphatic heterocycles. The molecule has 234 valence electrons. The second-order valence-electron chi connectivity index (χ2n) is 11.2. The highest BCUT2D eigenvalue weighted by Crippen LogP contribution is 2.13. The van der Waals surface area contributed by atoms with Crippen molar-refractivity contribution in [3.05, 3.63) is 24.3 Å². The average Bonchev–Trinajstić information content (AvgIpc) is 2.96. The van der Waals surface area contributed by atoms with Gasteiger partial charge in [-0.05, 0) is 44.9 Å². The summed E-state index contributed by atoms with van der Waals surface area (Å²) in [6, 6.07) is 0. The van der Waals surface area contributed by atoms with Crippen LogP contribution in [0, 0.1) is 0 Å². The number of hydrogen-bond donors (Lipinski definition) is 1. The number of unbranched alkanes of at least 4 members (excludes halogenated alkanes) is 18. The van der Waals surface area contributed by atoms with Crippen LogP contribution >= 0.6 is 0 Å². The summed E-state index contributed by atoms with van der Waals surface area (Å²) in [4.78, 5) is 24.0. The number of carbonyl (C=O) groups excluding carboxylic acids is 2. The number of aliphatic hydroxyl groups is 1. The van der Waals surface area contributed by atoms with Gasteiger partial charge in [-0.25, -0.2) is 0 Å². The van der Waals surface area contributed by atoms with Crippen molar-refractivity contribution >= 4 is 11.9 Å². The van der Waals surface area contributed by atoms with E-state index < -0.39 is 6.10 Å². The maximum Gasteiger partial charge on any atom is 0.306 e. The number of ether oxygens (including phenoxy) is 2. The van der Waals surface area contributed by atoms with Gasteiger partial charge in [0.2, 0.25) is 0 Å². The summed E-state index contributed by atoms with van der Waals surface area (Å²) in [6.07, 6.45) is 35.3. The highest BCUT2D eigenvalue weighted by Gasteiger charge is 2.16. The summed E-state index contributed by atoms with van der Waals surface area (Å²) in [5, 5.41) is 9.46. The van der Waals surface area contributed by atoms with Crippen molar-refractivity contribution in [3.8, 4) is 0 Å². The zero-order valence-electron chi connectivity index (χ0n) is 26.4. The van der Waals surface area contributed by atoms with E-state index in [2.05, 4.69) is 38.2 Å². The predicted octanol–water partition coefficient (Wildman–Crippen LogP) is 9.95. The summed E-state index contributed by atoms with van der Waals surface area (Å²) < 4.78 is 10.5.